The number of phenolic OH excluding ortho intramolecular Hbond substituents is 1. The average Bonchev–Trinajstić information content (AvgIpc) is 3.35. The van der Waals surface area contributed by atoms with E-state index in [4.69, 9.17) is 16.3 Å². The number of terminal acetylenes is 1. The van der Waals surface area contributed by atoms with Crippen LogP contribution < -0.4 is 15.0 Å². The predicted octanol–water partition coefficient (Wildman–Crippen LogP) is 3.46. The number of ether oxygens (including phenoxy) is 1. The topological polar surface area (TPSA) is 75.4 Å². The van der Waals surface area contributed by atoms with Crippen LogP contribution in [-0.2, 0) is 7.05 Å². The lowest BCUT2D eigenvalue weighted by atomic mass is 9.95. The first-order valence-corrected chi connectivity index (χ1v) is 11.6. The smallest absolute Gasteiger partial charge is 0.227 e. The molecular weight excluding hydrogens is 452 g/mol. The van der Waals surface area contributed by atoms with Crippen molar-refractivity contribution in [1.82, 2.24) is 20.1 Å². The molecule has 2 saturated heterocycles. The van der Waals surface area contributed by atoms with Crippen molar-refractivity contribution < 1.29 is 18.6 Å². The molecule has 0 aliphatic carbocycles. The van der Waals surface area contributed by atoms with Crippen molar-refractivity contribution in [3.63, 3.8) is 0 Å². The lowest BCUT2D eigenvalue weighted by Gasteiger charge is -2.39. The van der Waals surface area contributed by atoms with Crippen molar-refractivity contribution in [2.24, 2.45) is 7.05 Å². The summed E-state index contributed by atoms with van der Waals surface area (Å²) in [4.78, 5) is 6.81. The Labute approximate surface area is 199 Å². The third-order valence-electron chi connectivity index (χ3n) is 7.54. The van der Waals surface area contributed by atoms with Gasteiger partial charge in [0.2, 0.25) is 5.88 Å². The van der Waals surface area contributed by atoms with E-state index in [2.05, 4.69) is 21.1 Å². The van der Waals surface area contributed by atoms with Crippen LogP contribution in [0.4, 0.5) is 14.6 Å². The van der Waals surface area contributed by atoms with Crippen molar-refractivity contribution >= 4 is 27.5 Å². The normalized spacial score (nSPS) is 22.7. The minimum atomic E-state index is -0.635. The number of piperazine rings is 1. The number of anilines is 1. The molecule has 35 heavy (non-hydrogen) atoms. The summed E-state index contributed by atoms with van der Waals surface area (Å²) in [6, 6.07) is 6.23. The summed E-state index contributed by atoms with van der Waals surface area (Å²) >= 11 is 0. The zero-order valence-corrected chi connectivity index (χ0v) is 18.8. The number of hydrogen-bond donors (Lipinski definition) is 2. The number of halogens is 2. The van der Waals surface area contributed by atoms with Crippen LogP contribution in [0, 0.1) is 24.0 Å². The van der Waals surface area contributed by atoms with Gasteiger partial charge in [-0.05, 0) is 36.4 Å². The molecule has 176 valence electrons. The van der Waals surface area contributed by atoms with E-state index in [0.717, 1.165) is 19.4 Å². The highest BCUT2D eigenvalue weighted by atomic mass is 19.1. The number of hydrogen-bond acceptors (Lipinski definition) is 6. The second-order valence-electron chi connectivity index (χ2n) is 9.49. The highest BCUT2D eigenvalue weighted by Crippen LogP contribution is 2.44. The molecule has 0 spiro atoms. The van der Waals surface area contributed by atoms with Gasteiger partial charge >= 0.3 is 0 Å². The quantitative estimate of drug-likeness (QED) is 0.413. The van der Waals surface area contributed by atoms with Gasteiger partial charge in [0.05, 0.1) is 11.6 Å². The SMILES string of the molecule is C#Cc1c(F)ccc2cc(O)cc(-c3nc4c5c(nn(C)c5c3F)N3C[C@H]5CC[C@H](N5)[C@H]3CO4)c12. The first-order chi connectivity index (χ1) is 16.9. The number of aromatic nitrogens is 3. The van der Waals surface area contributed by atoms with Crippen LogP contribution >= 0.6 is 0 Å². The molecule has 4 aromatic rings. The van der Waals surface area contributed by atoms with Crippen LogP contribution in [0.3, 0.4) is 0 Å². The van der Waals surface area contributed by atoms with E-state index in [-0.39, 0.29) is 46.1 Å². The Morgan fingerprint density at radius 1 is 1.23 bits per heavy atom. The second-order valence-corrected chi connectivity index (χ2v) is 9.49. The molecule has 0 unspecified atom stereocenters. The Kier molecular flexibility index (Phi) is 4.13. The molecule has 3 aliphatic rings. The maximum atomic E-state index is 16.3. The highest BCUT2D eigenvalue weighted by Gasteiger charge is 2.44. The van der Waals surface area contributed by atoms with Crippen LogP contribution in [0.25, 0.3) is 32.9 Å². The van der Waals surface area contributed by atoms with E-state index in [0.29, 0.717) is 34.6 Å². The molecule has 2 aromatic heterocycles. The molecule has 7 rings (SSSR count). The minimum Gasteiger partial charge on any atom is -0.508 e. The number of nitrogens with zero attached hydrogens (tertiary/aromatic N) is 4. The number of fused-ring (bicyclic) bond motifs is 6. The first-order valence-electron chi connectivity index (χ1n) is 11.6. The van der Waals surface area contributed by atoms with Crippen LogP contribution in [-0.4, -0.2) is 51.1 Å². The van der Waals surface area contributed by atoms with E-state index in [1.165, 1.54) is 28.9 Å². The van der Waals surface area contributed by atoms with Gasteiger partial charge in [-0.25, -0.2) is 13.8 Å². The number of phenols is 1. The molecule has 2 fully saturated rings. The molecule has 0 radical (unpaired) electrons. The van der Waals surface area contributed by atoms with Gasteiger partial charge < -0.3 is 20.1 Å². The summed E-state index contributed by atoms with van der Waals surface area (Å²) < 4.78 is 38.6. The van der Waals surface area contributed by atoms with E-state index in [1.807, 2.05) is 0 Å². The number of pyridine rings is 1. The van der Waals surface area contributed by atoms with E-state index in [9.17, 15) is 9.50 Å². The molecule has 2 N–H and O–H groups in total. The van der Waals surface area contributed by atoms with Crippen molar-refractivity contribution in [2.75, 3.05) is 18.1 Å². The van der Waals surface area contributed by atoms with Gasteiger partial charge in [0.15, 0.2) is 11.6 Å². The Hall–Kier alpha value is -3.90. The molecule has 3 atom stereocenters. The zero-order valence-electron chi connectivity index (χ0n) is 18.8. The van der Waals surface area contributed by atoms with Crippen molar-refractivity contribution in [3.05, 3.63) is 41.5 Å². The number of rotatable bonds is 1. The van der Waals surface area contributed by atoms with Crippen molar-refractivity contribution in [3.8, 4) is 35.2 Å². The van der Waals surface area contributed by atoms with Crippen molar-refractivity contribution in [2.45, 2.75) is 31.0 Å². The number of aromatic hydroxyl groups is 1. The monoisotopic (exact) mass is 473 g/mol. The Bertz CT molecular complexity index is 1610. The zero-order chi connectivity index (χ0) is 24.0. The molecular formula is C26H21F2N5O2. The fourth-order valence-corrected chi connectivity index (χ4v) is 6.02. The Balaban J connectivity index is 1.52. The molecule has 0 saturated carbocycles. The minimum absolute atomic E-state index is 0.0180. The second kappa shape index (κ2) is 7.06. The van der Waals surface area contributed by atoms with Gasteiger partial charge in [-0.15, -0.1) is 6.42 Å². The number of nitrogens with one attached hydrogen (secondary N) is 1. The molecule has 3 aliphatic heterocycles. The maximum Gasteiger partial charge on any atom is 0.227 e. The van der Waals surface area contributed by atoms with Crippen LogP contribution in [0.15, 0.2) is 24.3 Å². The van der Waals surface area contributed by atoms with Crippen LogP contribution in [0.1, 0.15) is 18.4 Å². The highest BCUT2D eigenvalue weighted by molar-refractivity contribution is 6.04. The molecule has 5 heterocycles. The third-order valence-corrected chi connectivity index (χ3v) is 7.54. The maximum absolute atomic E-state index is 16.3. The van der Waals surface area contributed by atoms with Gasteiger partial charge in [-0.2, -0.15) is 5.10 Å². The summed E-state index contributed by atoms with van der Waals surface area (Å²) in [6.07, 6.45) is 7.76. The summed E-state index contributed by atoms with van der Waals surface area (Å²) in [5.74, 6) is 1.94. The molecule has 0 amide bonds. The summed E-state index contributed by atoms with van der Waals surface area (Å²) in [5.41, 5.74) is 0.332. The van der Waals surface area contributed by atoms with E-state index < -0.39 is 11.6 Å². The Morgan fingerprint density at radius 3 is 2.91 bits per heavy atom. The standard InChI is InChI=1S/C26H21F2N5O2/c1-3-15-17(27)6-4-12-8-14(34)9-16(20(12)15)23-22(28)24-21-25(31-32(24)2)33-10-13-5-7-18(29-13)19(33)11-35-26(21)30-23/h1,4,6,8-9,13,18-19,29,34H,5,7,10-11H2,2H3/t13-,18+,19-/m1/s1. The molecule has 7 nitrogen and oxygen atoms in total. The Morgan fingerprint density at radius 2 is 2.09 bits per heavy atom. The average molecular weight is 473 g/mol. The van der Waals surface area contributed by atoms with Gasteiger partial charge in [-0.1, -0.05) is 12.0 Å². The summed E-state index contributed by atoms with van der Waals surface area (Å²) in [7, 11) is 1.68. The predicted molar refractivity (Wildman–Crippen MR) is 128 cm³/mol. The van der Waals surface area contributed by atoms with Crippen LogP contribution in [0.2, 0.25) is 0 Å². The lowest BCUT2D eigenvalue weighted by Crippen LogP contribution is -2.60. The van der Waals surface area contributed by atoms with E-state index in [1.54, 1.807) is 7.05 Å². The van der Waals surface area contributed by atoms with Gasteiger partial charge in [-0.3, -0.25) is 4.68 Å². The van der Waals surface area contributed by atoms with Gasteiger partial charge in [0.25, 0.3) is 0 Å². The van der Waals surface area contributed by atoms with Crippen molar-refractivity contribution in [1.29, 1.82) is 0 Å². The van der Waals surface area contributed by atoms with Gasteiger partial charge in [0.1, 0.15) is 34.8 Å². The lowest BCUT2D eigenvalue weighted by molar-refractivity contribution is 0.238. The van der Waals surface area contributed by atoms with Crippen LogP contribution in [0.5, 0.6) is 11.6 Å². The molecule has 9 heteroatoms. The fraction of sp³-hybridized carbons (Fsp3) is 0.308. The first kappa shape index (κ1) is 20.5. The van der Waals surface area contributed by atoms with E-state index >= 15 is 4.39 Å². The summed E-state index contributed by atoms with van der Waals surface area (Å²) in [6.45, 7) is 1.14. The van der Waals surface area contributed by atoms with Gasteiger partial charge in [0, 0.05) is 36.6 Å². The largest absolute Gasteiger partial charge is 0.508 e. The molecule has 2 aromatic carbocycles. The number of aryl methyl sites for hydroxylation is 1. The summed E-state index contributed by atoms with van der Waals surface area (Å²) in [5, 5.41) is 20.0. The number of benzene rings is 2. The molecule has 2 bridgehead atoms. The fourth-order valence-electron chi connectivity index (χ4n) is 6.02. The third kappa shape index (κ3) is 2.74.